The van der Waals surface area contributed by atoms with Crippen LogP contribution < -0.4 is 10.1 Å². The maximum Gasteiger partial charge on any atom is 0.167 e. The molecule has 2 heterocycles. The molecule has 0 saturated carbocycles. The highest BCUT2D eigenvalue weighted by atomic mass is 19.1. The van der Waals surface area contributed by atoms with Crippen molar-refractivity contribution < 1.29 is 9.13 Å². The second-order valence-corrected chi connectivity index (χ2v) is 5.61. The molecule has 0 atom stereocenters. The first-order chi connectivity index (χ1) is 9.61. The Morgan fingerprint density at radius 1 is 1.40 bits per heavy atom. The average molecular weight is 276 g/mol. The third-order valence-electron chi connectivity index (χ3n) is 3.75. The highest BCUT2D eigenvalue weighted by Crippen LogP contribution is 2.38. The topological polar surface area (TPSA) is 26.2 Å². The maximum absolute atomic E-state index is 14.1. The van der Waals surface area contributed by atoms with Gasteiger partial charge in [0, 0.05) is 29.7 Å². The van der Waals surface area contributed by atoms with Crippen molar-refractivity contribution in [3.8, 4) is 5.75 Å². The molecule has 4 heteroatoms. The first-order valence-corrected chi connectivity index (χ1v) is 7.35. The summed E-state index contributed by atoms with van der Waals surface area (Å²) >= 11 is 0. The van der Waals surface area contributed by atoms with Gasteiger partial charge in [-0.05, 0) is 39.7 Å². The van der Waals surface area contributed by atoms with E-state index >= 15 is 0 Å². The van der Waals surface area contributed by atoms with Crippen LogP contribution in [0.2, 0.25) is 0 Å². The van der Waals surface area contributed by atoms with Crippen LogP contribution in [-0.4, -0.2) is 17.2 Å². The van der Waals surface area contributed by atoms with Gasteiger partial charge in [0.05, 0.1) is 17.8 Å². The van der Waals surface area contributed by atoms with Gasteiger partial charge in [-0.2, -0.15) is 0 Å². The Hall–Kier alpha value is -1.71. The van der Waals surface area contributed by atoms with Crippen molar-refractivity contribution in [2.75, 3.05) is 11.9 Å². The normalized spacial score (nSPS) is 14.1. The van der Waals surface area contributed by atoms with Crippen LogP contribution in [0.1, 0.15) is 32.9 Å². The minimum Gasteiger partial charge on any atom is -0.491 e. The fourth-order valence-electron chi connectivity index (χ4n) is 3.04. The predicted molar refractivity (Wildman–Crippen MR) is 80.1 cm³/mol. The molecule has 108 valence electrons. The zero-order chi connectivity index (χ0) is 14.3. The summed E-state index contributed by atoms with van der Waals surface area (Å²) in [5, 5.41) is 4.59. The number of ether oxygens (including phenoxy) is 1. The van der Waals surface area contributed by atoms with Gasteiger partial charge in [0.25, 0.3) is 0 Å². The van der Waals surface area contributed by atoms with Gasteiger partial charge in [-0.3, -0.25) is 0 Å². The summed E-state index contributed by atoms with van der Waals surface area (Å²) in [7, 11) is 0. The Balaban J connectivity index is 2.21. The predicted octanol–water partition coefficient (Wildman–Crippen LogP) is 3.95. The van der Waals surface area contributed by atoms with Crippen LogP contribution in [0.4, 0.5) is 10.1 Å². The van der Waals surface area contributed by atoms with E-state index in [9.17, 15) is 4.39 Å². The molecule has 20 heavy (non-hydrogen) atoms. The largest absolute Gasteiger partial charge is 0.491 e. The second kappa shape index (κ2) is 5.00. The number of aryl methyl sites for hydroxylation is 1. The molecule has 2 aromatic rings. The summed E-state index contributed by atoms with van der Waals surface area (Å²) in [6.45, 7) is 7.56. The number of rotatable bonds is 4. The fraction of sp³-hybridized carbons (Fsp3) is 0.500. The van der Waals surface area contributed by atoms with Gasteiger partial charge in [0.15, 0.2) is 11.6 Å². The first kappa shape index (κ1) is 13.3. The number of nitrogens with one attached hydrogen (secondary N) is 1. The lowest BCUT2D eigenvalue weighted by molar-refractivity contribution is 0.322. The maximum atomic E-state index is 14.1. The van der Waals surface area contributed by atoms with Crippen LogP contribution in [0.3, 0.4) is 0 Å². The van der Waals surface area contributed by atoms with Crippen LogP contribution in [0.15, 0.2) is 12.1 Å². The summed E-state index contributed by atoms with van der Waals surface area (Å²) in [6, 6.07) is 3.80. The molecule has 3 nitrogen and oxygen atoms in total. The highest BCUT2D eigenvalue weighted by Gasteiger charge is 2.23. The molecule has 0 fully saturated rings. The minimum absolute atomic E-state index is 0.275. The summed E-state index contributed by atoms with van der Waals surface area (Å²) in [5.41, 5.74) is 3.41. The van der Waals surface area contributed by atoms with Crippen molar-refractivity contribution >= 4 is 16.6 Å². The number of nitrogens with zero attached hydrogens (tertiary/aromatic N) is 1. The van der Waals surface area contributed by atoms with Crippen molar-refractivity contribution in [2.24, 2.45) is 0 Å². The Morgan fingerprint density at radius 2 is 2.20 bits per heavy atom. The van der Waals surface area contributed by atoms with Crippen LogP contribution in [-0.2, 0) is 13.0 Å². The number of halogens is 1. The summed E-state index contributed by atoms with van der Waals surface area (Å²) in [6.07, 6.45) is 2.18. The zero-order valence-corrected chi connectivity index (χ0v) is 12.3. The van der Waals surface area contributed by atoms with Crippen molar-refractivity contribution in [1.82, 2.24) is 4.57 Å². The standard InChI is InChI=1S/C16H21FN2O/c1-4-20-15-8-11-14(9-12(15)17)19-7-5-6-13(19)16(11)18-10(2)3/h8-10,18H,4-7H2,1-3H3. The molecular formula is C16H21FN2O. The molecule has 1 N–H and O–H groups in total. The number of aromatic nitrogens is 1. The number of hydrogen-bond donors (Lipinski definition) is 1. The fourth-order valence-corrected chi connectivity index (χ4v) is 3.04. The van der Waals surface area contributed by atoms with Crippen LogP contribution >= 0.6 is 0 Å². The van der Waals surface area contributed by atoms with E-state index in [1.807, 2.05) is 13.0 Å². The Kier molecular flexibility index (Phi) is 3.32. The number of fused-ring (bicyclic) bond motifs is 3. The van der Waals surface area contributed by atoms with E-state index in [4.69, 9.17) is 4.74 Å². The average Bonchev–Trinajstić information content (AvgIpc) is 2.95. The molecule has 0 bridgehead atoms. The Labute approximate surface area is 118 Å². The Bertz CT molecular complexity index is 646. The van der Waals surface area contributed by atoms with Gasteiger partial charge in [-0.15, -0.1) is 0 Å². The van der Waals surface area contributed by atoms with Gasteiger partial charge in [0.1, 0.15) is 0 Å². The van der Waals surface area contributed by atoms with Crippen molar-refractivity contribution in [1.29, 1.82) is 0 Å². The third-order valence-corrected chi connectivity index (χ3v) is 3.75. The summed E-state index contributed by atoms with van der Waals surface area (Å²) < 4.78 is 21.7. The molecule has 0 radical (unpaired) electrons. The second-order valence-electron chi connectivity index (χ2n) is 5.61. The zero-order valence-electron chi connectivity index (χ0n) is 12.3. The van der Waals surface area contributed by atoms with Gasteiger partial charge in [-0.25, -0.2) is 4.39 Å². The van der Waals surface area contributed by atoms with Crippen molar-refractivity contribution in [2.45, 2.75) is 46.2 Å². The third kappa shape index (κ3) is 2.03. The lowest BCUT2D eigenvalue weighted by Gasteiger charge is -2.11. The number of anilines is 1. The molecule has 1 aromatic heterocycles. The van der Waals surface area contributed by atoms with Crippen molar-refractivity contribution in [3.63, 3.8) is 0 Å². The van der Waals surface area contributed by atoms with E-state index in [1.165, 1.54) is 5.69 Å². The molecule has 0 amide bonds. The van der Waals surface area contributed by atoms with Crippen LogP contribution in [0.25, 0.3) is 10.9 Å². The van der Waals surface area contributed by atoms with E-state index in [-0.39, 0.29) is 5.82 Å². The minimum atomic E-state index is -0.275. The molecule has 0 unspecified atom stereocenters. The van der Waals surface area contributed by atoms with E-state index in [1.54, 1.807) is 6.07 Å². The number of benzene rings is 1. The summed E-state index contributed by atoms with van der Waals surface area (Å²) in [4.78, 5) is 0. The lowest BCUT2D eigenvalue weighted by Crippen LogP contribution is -2.10. The molecule has 0 aliphatic carbocycles. The SMILES string of the molecule is CCOc1cc2c(NC(C)C)c3n(c2cc1F)CCC3. The Morgan fingerprint density at radius 3 is 2.90 bits per heavy atom. The van der Waals surface area contributed by atoms with E-state index in [2.05, 4.69) is 23.7 Å². The lowest BCUT2D eigenvalue weighted by atomic mass is 10.1. The van der Waals surface area contributed by atoms with E-state index in [0.29, 0.717) is 18.4 Å². The van der Waals surface area contributed by atoms with Crippen molar-refractivity contribution in [3.05, 3.63) is 23.6 Å². The molecule has 1 aliphatic rings. The van der Waals surface area contributed by atoms with Gasteiger partial charge in [-0.1, -0.05) is 0 Å². The van der Waals surface area contributed by atoms with E-state index < -0.39 is 0 Å². The molecule has 0 spiro atoms. The first-order valence-electron chi connectivity index (χ1n) is 7.35. The monoisotopic (exact) mass is 276 g/mol. The molecule has 1 aliphatic heterocycles. The number of hydrogen-bond acceptors (Lipinski definition) is 2. The molecular weight excluding hydrogens is 255 g/mol. The molecule has 1 aromatic carbocycles. The molecule has 3 rings (SSSR count). The van der Waals surface area contributed by atoms with Crippen LogP contribution in [0, 0.1) is 5.82 Å². The van der Waals surface area contributed by atoms with Gasteiger partial charge < -0.3 is 14.6 Å². The van der Waals surface area contributed by atoms with Gasteiger partial charge in [0.2, 0.25) is 0 Å². The van der Waals surface area contributed by atoms with E-state index in [0.717, 1.165) is 36.0 Å². The van der Waals surface area contributed by atoms with Crippen LogP contribution in [0.5, 0.6) is 5.75 Å². The highest BCUT2D eigenvalue weighted by molar-refractivity contribution is 5.96. The smallest absolute Gasteiger partial charge is 0.167 e. The van der Waals surface area contributed by atoms with Gasteiger partial charge >= 0.3 is 0 Å². The molecule has 0 saturated heterocycles. The summed E-state index contributed by atoms with van der Waals surface area (Å²) in [5.74, 6) is 0.0683. The quantitative estimate of drug-likeness (QED) is 0.915.